The second-order valence-corrected chi connectivity index (χ2v) is 6.86. The average Bonchev–Trinajstić information content (AvgIpc) is 2.90. The first-order valence-corrected chi connectivity index (χ1v) is 7.64. The molecule has 80 valence electrons. The predicted molar refractivity (Wildman–Crippen MR) is 55.2 cm³/mol. The Labute approximate surface area is 85.7 Å². The maximum atomic E-state index is 5.92. The van der Waals surface area contributed by atoms with Gasteiger partial charge in [0.1, 0.15) is 25.0 Å². The molecule has 0 N–H and O–H groups in total. The number of rotatable bonds is 6. The summed E-state index contributed by atoms with van der Waals surface area (Å²) in [6.07, 6.45) is 8.46. The largest absolute Gasteiger partial charge is 0.409 e. The molecule has 3 fully saturated rings. The second kappa shape index (κ2) is 3.41. The van der Waals surface area contributed by atoms with Crippen LogP contribution in [0.1, 0.15) is 38.5 Å². The van der Waals surface area contributed by atoms with E-state index < -0.39 is 7.94 Å². The zero-order chi connectivity index (χ0) is 9.60. The fourth-order valence-electron chi connectivity index (χ4n) is 1.41. The van der Waals surface area contributed by atoms with Gasteiger partial charge in [0, 0.05) is 0 Å². The van der Waals surface area contributed by atoms with Crippen molar-refractivity contribution in [2.75, 3.05) is 6.66 Å². The molecule has 3 rings (SSSR count). The van der Waals surface area contributed by atoms with Crippen molar-refractivity contribution in [3.05, 3.63) is 0 Å². The zero-order valence-corrected chi connectivity index (χ0v) is 9.54. The third-order valence-electron chi connectivity index (χ3n) is 2.59. The van der Waals surface area contributed by atoms with Crippen molar-refractivity contribution < 1.29 is 13.6 Å². The van der Waals surface area contributed by atoms with Crippen LogP contribution in [0.4, 0.5) is 0 Å². The Kier molecular flexibility index (Phi) is 2.32. The molecule has 3 nitrogen and oxygen atoms in total. The molecular formula is C10H18O3P+. The highest BCUT2D eigenvalue weighted by Gasteiger charge is 2.52. The monoisotopic (exact) mass is 217 g/mol. The van der Waals surface area contributed by atoms with Crippen molar-refractivity contribution in [2.24, 2.45) is 0 Å². The van der Waals surface area contributed by atoms with Crippen molar-refractivity contribution in [1.82, 2.24) is 0 Å². The van der Waals surface area contributed by atoms with Gasteiger partial charge in [0.2, 0.25) is 0 Å². The van der Waals surface area contributed by atoms with E-state index in [1.807, 2.05) is 6.66 Å². The molecule has 0 radical (unpaired) electrons. The Bertz CT molecular complexity index is 185. The van der Waals surface area contributed by atoms with Crippen molar-refractivity contribution in [3.63, 3.8) is 0 Å². The molecule has 0 amide bonds. The fraction of sp³-hybridized carbons (Fsp3) is 1.00. The lowest BCUT2D eigenvalue weighted by atomic mass is 10.9. The van der Waals surface area contributed by atoms with E-state index in [0.29, 0.717) is 18.3 Å². The molecular weight excluding hydrogens is 199 g/mol. The average molecular weight is 217 g/mol. The van der Waals surface area contributed by atoms with Crippen LogP contribution in [0, 0.1) is 0 Å². The molecule has 0 spiro atoms. The van der Waals surface area contributed by atoms with Crippen molar-refractivity contribution in [3.8, 4) is 0 Å². The third-order valence-corrected chi connectivity index (χ3v) is 4.64. The lowest BCUT2D eigenvalue weighted by molar-refractivity contribution is 0.124. The SMILES string of the molecule is C[P+](OC1CC1)(OC1CC1)OC1CC1. The van der Waals surface area contributed by atoms with Crippen LogP contribution < -0.4 is 0 Å². The summed E-state index contributed by atoms with van der Waals surface area (Å²) < 4.78 is 17.8. The fourth-order valence-corrected chi connectivity index (χ4v) is 3.81. The molecule has 4 heteroatoms. The smallest absolute Gasteiger partial charge is 0.175 e. The van der Waals surface area contributed by atoms with Crippen molar-refractivity contribution in [1.29, 1.82) is 0 Å². The molecule has 0 unspecified atom stereocenters. The van der Waals surface area contributed by atoms with E-state index in [2.05, 4.69) is 0 Å². The predicted octanol–water partition coefficient (Wildman–Crippen LogP) is 2.92. The number of hydrogen-bond acceptors (Lipinski definition) is 3. The lowest BCUT2D eigenvalue weighted by Crippen LogP contribution is -2.09. The Morgan fingerprint density at radius 1 is 0.714 bits per heavy atom. The standard InChI is InChI=1S/C10H18O3P/c1-14(11-8-2-3-8,12-9-4-5-9)13-10-6-7-10/h8-10H,2-7H2,1H3/q+1. The minimum atomic E-state index is -1.95. The summed E-state index contributed by atoms with van der Waals surface area (Å²) in [6, 6.07) is 0. The Morgan fingerprint density at radius 3 is 1.21 bits per heavy atom. The summed E-state index contributed by atoms with van der Waals surface area (Å²) in [7, 11) is -1.95. The Morgan fingerprint density at radius 2 is 1.00 bits per heavy atom. The Hall–Kier alpha value is 0.310. The van der Waals surface area contributed by atoms with Gasteiger partial charge in [0.25, 0.3) is 0 Å². The van der Waals surface area contributed by atoms with Crippen LogP contribution in [0.3, 0.4) is 0 Å². The normalized spacial score (nSPS) is 28.1. The van der Waals surface area contributed by atoms with Gasteiger partial charge >= 0.3 is 7.94 Å². The van der Waals surface area contributed by atoms with Crippen LogP contribution >= 0.6 is 7.94 Å². The summed E-state index contributed by atoms with van der Waals surface area (Å²) in [5.41, 5.74) is 0. The van der Waals surface area contributed by atoms with Gasteiger partial charge < -0.3 is 0 Å². The van der Waals surface area contributed by atoms with Gasteiger partial charge in [0.15, 0.2) is 0 Å². The first kappa shape index (κ1) is 9.53. The summed E-state index contributed by atoms with van der Waals surface area (Å²) in [5, 5.41) is 0. The van der Waals surface area contributed by atoms with E-state index >= 15 is 0 Å². The molecule has 0 aromatic rings. The maximum absolute atomic E-state index is 5.92. The van der Waals surface area contributed by atoms with Gasteiger partial charge in [0.05, 0.1) is 0 Å². The molecule has 0 aliphatic heterocycles. The van der Waals surface area contributed by atoms with E-state index in [9.17, 15) is 0 Å². The van der Waals surface area contributed by atoms with Gasteiger partial charge in [-0.15, -0.1) is 0 Å². The molecule has 3 aliphatic rings. The first-order chi connectivity index (χ1) is 6.73. The van der Waals surface area contributed by atoms with Crippen LogP contribution in [0.2, 0.25) is 0 Å². The highest BCUT2D eigenvalue weighted by Crippen LogP contribution is 2.66. The van der Waals surface area contributed by atoms with Gasteiger partial charge in [-0.25, -0.2) is 0 Å². The van der Waals surface area contributed by atoms with Gasteiger partial charge in [-0.05, 0) is 38.5 Å². The summed E-state index contributed by atoms with van der Waals surface area (Å²) in [6.45, 7) is 2.04. The Balaban J connectivity index is 1.56. The molecule has 0 bridgehead atoms. The van der Waals surface area contributed by atoms with E-state index in [-0.39, 0.29) is 0 Å². The van der Waals surface area contributed by atoms with Crippen LogP contribution in [0.15, 0.2) is 0 Å². The molecule has 0 saturated heterocycles. The van der Waals surface area contributed by atoms with Crippen LogP contribution in [0.5, 0.6) is 0 Å². The topological polar surface area (TPSA) is 27.7 Å². The molecule has 3 aliphatic carbocycles. The first-order valence-electron chi connectivity index (χ1n) is 5.65. The summed E-state index contributed by atoms with van der Waals surface area (Å²) in [4.78, 5) is 0. The van der Waals surface area contributed by atoms with E-state index in [0.717, 1.165) is 0 Å². The van der Waals surface area contributed by atoms with Crippen molar-refractivity contribution in [2.45, 2.75) is 56.8 Å². The van der Waals surface area contributed by atoms with E-state index in [4.69, 9.17) is 13.6 Å². The van der Waals surface area contributed by atoms with Crippen molar-refractivity contribution >= 4 is 7.94 Å². The van der Waals surface area contributed by atoms with E-state index in [1.165, 1.54) is 38.5 Å². The molecule has 3 saturated carbocycles. The number of hydrogen-bond donors (Lipinski definition) is 0. The molecule has 0 aromatic heterocycles. The van der Waals surface area contributed by atoms with Crippen LogP contribution in [0.25, 0.3) is 0 Å². The molecule has 0 aromatic carbocycles. The van der Waals surface area contributed by atoms with Crippen LogP contribution in [-0.4, -0.2) is 25.0 Å². The molecule has 14 heavy (non-hydrogen) atoms. The highest BCUT2D eigenvalue weighted by atomic mass is 31.2. The quantitative estimate of drug-likeness (QED) is 0.640. The maximum Gasteiger partial charge on any atom is 0.409 e. The third kappa shape index (κ3) is 2.66. The highest BCUT2D eigenvalue weighted by molar-refractivity contribution is 7.60. The summed E-state index contributed by atoms with van der Waals surface area (Å²) in [5.74, 6) is 0. The second-order valence-electron chi connectivity index (χ2n) is 4.69. The van der Waals surface area contributed by atoms with Gasteiger partial charge in [-0.2, -0.15) is 13.6 Å². The van der Waals surface area contributed by atoms with Crippen LogP contribution in [-0.2, 0) is 13.6 Å². The zero-order valence-electron chi connectivity index (χ0n) is 8.65. The van der Waals surface area contributed by atoms with Gasteiger partial charge in [-0.3, -0.25) is 0 Å². The molecule has 0 atom stereocenters. The lowest BCUT2D eigenvalue weighted by Gasteiger charge is -2.17. The van der Waals surface area contributed by atoms with Gasteiger partial charge in [-0.1, -0.05) is 0 Å². The minimum absolute atomic E-state index is 0.436. The summed E-state index contributed by atoms with van der Waals surface area (Å²) >= 11 is 0. The molecule has 0 heterocycles. The van der Waals surface area contributed by atoms with E-state index in [1.54, 1.807) is 0 Å². The minimum Gasteiger partial charge on any atom is -0.175 e.